The molecule has 0 aromatic rings. The maximum atomic E-state index is 12.6. The highest BCUT2D eigenvalue weighted by Crippen LogP contribution is 2.20. The smallest absolute Gasteiger partial charge is 0.305 e. The molecule has 0 bridgehead atoms. The molecule has 2 atom stereocenters. The Morgan fingerprint density at radius 1 is 0.318 bits per heavy atom. The highest BCUT2D eigenvalue weighted by molar-refractivity contribution is 5.76. The summed E-state index contributed by atoms with van der Waals surface area (Å²) in [6.45, 7) is 4.99. The molecule has 0 aromatic heterocycles. The van der Waals surface area contributed by atoms with Crippen LogP contribution in [0.25, 0.3) is 0 Å². The van der Waals surface area contributed by atoms with Gasteiger partial charge < -0.3 is 20.3 Å². The summed E-state index contributed by atoms with van der Waals surface area (Å²) in [6.07, 6.45) is 99.9. The third-order valence-corrected chi connectivity index (χ3v) is 19.3. The third-order valence-electron chi connectivity index (χ3n) is 19.3. The molecule has 2 unspecified atom stereocenters. The van der Waals surface area contributed by atoms with Gasteiger partial charge in [-0.1, -0.05) is 417 Å². The van der Waals surface area contributed by atoms with Crippen LogP contribution in [-0.4, -0.2) is 47.4 Å². The Morgan fingerprint density at radius 3 is 0.875 bits per heavy atom. The van der Waals surface area contributed by atoms with Gasteiger partial charge in [0.1, 0.15) is 0 Å². The van der Waals surface area contributed by atoms with E-state index in [0.29, 0.717) is 25.9 Å². The first-order valence-electron chi connectivity index (χ1n) is 40.6. The topological polar surface area (TPSA) is 95.9 Å². The maximum absolute atomic E-state index is 12.6. The zero-order chi connectivity index (χ0) is 63.5. The van der Waals surface area contributed by atoms with Crippen LogP contribution in [-0.2, 0) is 14.3 Å². The minimum Gasteiger partial charge on any atom is -0.466 e. The van der Waals surface area contributed by atoms with E-state index in [0.717, 1.165) is 51.4 Å². The van der Waals surface area contributed by atoms with E-state index < -0.39 is 12.1 Å². The van der Waals surface area contributed by atoms with Gasteiger partial charge in [0.05, 0.1) is 25.4 Å². The predicted molar refractivity (Wildman–Crippen MR) is 389 cm³/mol. The van der Waals surface area contributed by atoms with Crippen LogP contribution in [0.15, 0.2) is 24.3 Å². The molecule has 1 amide bonds. The number of amides is 1. The number of ether oxygens (including phenoxy) is 1. The summed E-state index contributed by atoms with van der Waals surface area (Å²) in [5.74, 6) is -0.0114. The number of rotatable bonds is 77. The first-order chi connectivity index (χ1) is 43.5. The lowest BCUT2D eigenvalue weighted by Gasteiger charge is -2.22. The van der Waals surface area contributed by atoms with Gasteiger partial charge >= 0.3 is 5.97 Å². The summed E-state index contributed by atoms with van der Waals surface area (Å²) >= 11 is 0. The van der Waals surface area contributed by atoms with Crippen molar-refractivity contribution in [2.45, 2.75) is 475 Å². The summed E-state index contributed by atoms with van der Waals surface area (Å²) in [4.78, 5) is 24.7. The molecule has 6 heteroatoms. The minimum atomic E-state index is -0.663. The van der Waals surface area contributed by atoms with Gasteiger partial charge in [0.25, 0.3) is 0 Å². The van der Waals surface area contributed by atoms with E-state index in [1.165, 1.54) is 379 Å². The lowest BCUT2D eigenvalue weighted by molar-refractivity contribution is -0.143. The van der Waals surface area contributed by atoms with E-state index in [9.17, 15) is 19.8 Å². The molecule has 0 fully saturated rings. The molecule has 0 saturated heterocycles. The van der Waals surface area contributed by atoms with E-state index in [-0.39, 0.29) is 18.5 Å². The van der Waals surface area contributed by atoms with E-state index >= 15 is 0 Å². The van der Waals surface area contributed by atoms with Gasteiger partial charge in [-0.25, -0.2) is 0 Å². The van der Waals surface area contributed by atoms with E-state index in [2.05, 4.69) is 43.5 Å². The average molecular weight is 1240 g/mol. The van der Waals surface area contributed by atoms with E-state index in [1.54, 1.807) is 0 Å². The van der Waals surface area contributed by atoms with Crippen molar-refractivity contribution < 1.29 is 24.5 Å². The molecule has 0 spiro atoms. The number of unbranched alkanes of at least 4 members (excludes halogenated alkanes) is 62. The molecule has 0 saturated carbocycles. The number of hydrogen-bond donors (Lipinski definition) is 3. The summed E-state index contributed by atoms with van der Waals surface area (Å²) in [5.41, 5.74) is 0. The van der Waals surface area contributed by atoms with Gasteiger partial charge in [0.15, 0.2) is 0 Å². The van der Waals surface area contributed by atoms with Crippen molar-refractivity contribution in [2.75, 3.05) is 13.2 Å². The molecular formula is C82H159NO5. The van der Waals surface area contributed by atoms with Crippen molar-refractivity contribution in [3.63, 3.8) is 0 Å². The van der Waals surface area contributed by atoms with Crippen LogP contribution >= 0.6 is 0 Å². The SMILES string of the molecule is CCCCCC/C=C\C/C=C\CCCCCCCCCC(=O)OCCCCCCCCCCCCCCCCCCCCCCCCCCCCCCCCC(=O)NC(CO)C(O)CCCCCCCCCCCCCCCCCCCCCCCCC. The molecule has 0 radical (unpaired) electrons. The number of aliphatic hydroxyl groups excluding tert-OH is 2. The molecule has 88 heavy (non-hydrogen) atoms. The van der Waals surface area contributed by atoms with Crippen molar-refractivity contribution in [3.8, 4) is 0 Å². The Bertz CT molecular complexity index is 1380. The van der Waals surface area contributed by atoms with Gasteiger partial charge in [-0.05, 0) is 57.8 Å². The van der Waals surface area contributed by atoms with Crippen LogP contribution in [0.3, 0.4) is 0 Å². The van der Waals surface area contributed by atoms with Crippen LogP contribution in [0.1, 0.15) is 463 Å². The molecule has 0 aromatic carbocycles. The average Bonchev–Trinajstić information content (AvgIpc) is 3.59. The number of allylic oxidation sites excluding steroid dienone is 4. The van der Waals surface area contributed by atoms with E-state index in [4.69, 9.17) is 4.74 Å². The number of nitrogens with one attached hydrogen (secondary N) is 1. The fraction of sp³-hybridized carbons (Fsp3) is 0.927. The highest BCUT2D eigenvalue weighted by Gasteiger charge is 2.20. The molecule has 0 aliphatic carbocycles. The van der Waals surface area contributed by atoms with Crippen molar-refractivity contribution in [3.05, 3.63) is 24.3 Å². The van der Waals surface area contributed by atoms with Crippen LogP contribution in [0.5, 0.6) is 0 Å². The second-order valence-corrected chi connectivity index (χ2v) is 28.1. The number of carbonyl (C=O) groups excluding carboxylic acids is 2. The zero-order valence-electron chi connectivity index (χ0n) is 60.0. The first kappa shape index (κ1) is 86.3. The van der Waals surface area contributed by atoms with Gasteiger partial charge in [-0.15, -0.1) is 0 Å². The quantitative estimate of drug-likeness (QED) is 0.0320. The van der Waals surface area contributed by atoms with E-state index in [1.807, 2.05) is 0 Å². The number of aliphatic hydroxyl groups is 2. The van der Waals surface area contributed by atoms with Gasteiger partial charge in [-0.3, -0.25) is 9.59 Å². The maximum Gasteiger partial charge on any atom is 0.305 e. The van der Waals surface area contributed by atoms with Crippen LogP contribution in [0.2, 0.25) is 0 Å². The van der Waals surface area contributed by atoms with Crippen molar-refractivity contribution in [1.82, 2.24) is 5.32 Å². The summed E-state index contributed by atoms with van der Waals surface area (Å²) < 4.78 is 5.51. The largest absolute Gasteiger partial charge is 0.466 e. The Balaban J connectivity index is 3.33. The van der Waals surface area contributed by atoms with Crippen molar-refractivity contribution in [1.29, 1.82) is 0 Å². The second kappa shape index (κ2) is 77.8. The fourth-order valence-electron chi connectivity index (χ4n) is 13.1. The van der Waals surface area contributed by atoms with Crippen LogP contribution < -0.4 is 5.32 Å². The third kappa shape index (κ3) is 73.4. The van der Waals surface area contributed by atoms with Gasteiger partial charge in [0, 0.05) is 12.8 Å². The first-order valence-corrected chi connectivity index (χ1v) is 40.6. The fourth-order valence-corrected chi connectivity index (χ4v) is 13.1. The number of carbonyl (C=O) groups is 2. The Morgan fingerprint density at radius 2 is 0.568 bits per heavy atom. The molecule has 0 aliphatic heterocycles. The normalized spacial score (nSPS) is 12.5. The lowest BCUT2D eigenvalue weighted by atomic mass is 10.0. The molecule has 0 rings (SSSR count). The summed E-state index contributed by atoms with van der Waals surface area (Å²) in [5, 5.41) is 23.5. The Kier molecular flexibility index (Phi) is 76.3. The van der Waals surface area contributed by atoms with Crippen molar-refractivity contribution in [2.24, 2.45) is 0 Å². The van der Waals surface area contributed by atoms with Gasteiger partial charge in [-0.2, -0.15) is 0 Å². The summed E-state index contributed by atoms with van der Waals surface area (Å²) in [6, 6.07) is -0.540. The molecule has 3 N–H and O–H groups in total. The molecule has 522 valence electrons. The molecule has 6 nitrogen and oxygen atoms in total. The molecular weight excluding hydrogens is 1080 g/mol. The zero-order valence-corrected chi connectivity index (χ0v) is 60.0. The number of hydrogen-bond acceptors (Lipinski definition) is 5. The minimum absolute atomic E-state index is 0.0139. The van der Waals surface area contributed by atoms with Crippen molar-refractivity contribution >= 4 is 11.9 Å². The Labute approximate surface area is 551 Å². The highest BCUT2D eigenvalue weighted by atomic mass is 16.5. The van der Waals surface area contributed by atoms with Crippen LogP contribution in [0, 0.1) is 0 Å². The standard InChI is InChI=1S/C82H159NO5/c1-3-5-7-9-11-13-15-17-19-21-23-24-33-36-39-42-46-50-54-58-62-66-70-74-80(85)79(78-84)83-81(86)75-71-67-63-59-55-51-47-43-40-37-34-31-29-27-25-26-28-30-32-35-38-41-45-49-53-57-61-65-69-73-77-88-82(87)76-72-68-64-60-56-52-48-44-22-20-18-16-14-12-10-8-6-4-2/h14,16,20,22,79-80,84-85H,3-13,15,17-19,21,23-78H2,1-2H3,(H,83,86)/b16-14-,22-20-. The second-order valence-electron chi connectivity index (χ2n) is 28.1. The monoisotopic (exact) mass is 1240 g/mol. The lowest BCUT2D eigenvalue weighted by Crippen LogP contribution is -2.45. The Hall–Kier alpha value is -1.66. The van der Waals surface area contributed by atoms with Gasteiger partial charge in [0.2, 0.25) is 5.91 Å². The molecule has 0 aliphatic rings. The predicted octanol–water partition coefficient (Wildman–Crippen LogP) is 26.8. The molecule has 0 heterocycles. The summed E-state index contributed by atoms with van der Waals surface area (Å²) in [7, 11) is 0. The van der Waals surface area contributed by atoms with Crippen LogP contribution in [0.4, 0.5) is 0 Å². The number of esters is 1.